The maximum atomic E-state index is 5.69. The highest BCUT2D eigenvalue weighted by molar-refractivity contribution is 5.35. The maximum absolute atomic E-state index is 5.69. The fraction of sp³-hybridized carbons (Fsp3) is 0.333. The Labute approximate surface area is 108 Å². The minimum absolute atomic E-state index is 0.0866. The molecule has 3 heteroatoms. The fourth-order valence-corrected chi connectivity index (χ4v) is 2.39. The summed E-state index contributed by atoms with van der Waals surface area (Å²) >= 11 is 0. The first-order valence-corrected chi connectivity index (χ1v) is 6.18. The highest BCUT2D eigenvalue weighted by Crippen LogP contribution is 2.25. The average Bonchev–Trinajstić information content (AvgIpc) is 2.76. The maximum Gasteiger partial charge on any atom is 0.105 e. The minimum atomic E-state index is 0.0866. The number of hydrazine groups is 1. The first kappa shape index (κ1) is 12.9. The summed E-state index contributed by atoms with van der Waals surface area (Å²) in [6.45, 7) is 6.24. The van der Waals surface area contributed by atoms with Crippen LogP contribution in [-0.4, -0.2) is 0 Å². The molecule has 0 fully saturated rings. The molecule has 1 aromatic heterocycles. The number of benzene rings is 1. The predicted molar refractivity (Wildman–Crippen MR) is 73.1 cm³/mol. The van der Waals surface area contributed by atoms with Crippen LogP contribution in [0.3, 0.4) is 0 Å². The van der Waals surface area contributed by atoms with E-state index in [0.717, 1.165) is 17.7 Å². The van der Waals surface area contributed by atoms with E-state index in [0.29, 0.717) is 0 Å². The van der Waals surface area contributed by atoms with Gasteiger partial charge in [-0.25, -0.2) is 0 Å². The van der Waals surface area contributed by atoms with E-state index in [-0.39, 0.29) is 6.04 Å². The number of aryl methyl sites for hydroxylation is 3. The second-order valence-corrected chi connectivity index (χ2v) is 4.73. The summed E-state index contributed by atoms with van der Waals surface area (Å²) in [5, 5.41) is 0. The van der Waals surface area contributed by atoms with E-state index in [1.54, 1.807) is 6.26 Å². The number of nitrogens with one attached hydrogen (secondary N) is 1. The minimum Gasteiger partial charge on any atom is -0.469 e. The molecule has 2 rings (SSSR count). The topological polar surface area (TPSA) is 51.2 Å². The Kier molecular flexibility index (Phi) is 3.84. The Morgan fingerprint density at radius 3 is 2.33 bits per heavy atom. The molecule has 0 aliphatic heterocycles. The van der Waals surface area contributed by atoms with Crippen LogP contribution >= 0.6 is 0 Å². The monoisotopic (exact) mass is 244 g/mol. The highest BCUT2D eigenvalue weighted by Gasteiger charge is 2.16. The number of furan rings is 1. The lowest BCUT2D eigenvalue weighted by Gasteiger charge is -2.18. The average molecular weight is 244 g/mol. The molecule has 3 nitrogen and oxygen atoms in total. The fourth-order valence-electron chi connectivity index (χ4n) is 2.39. The van der Waals surface area contributed by atoms with Crippen molar-refractivity contribution in [1.29, 1.82) is 0 Å². The summed E-state index contributed by atoms with van der Waals surface area (Å²) in [4.78, 5) is 0. The molecule has 1 atom stereocenters. The van der Waals surface area contributed by atoms with Crippen molar-refractivity contribution in [3.63, 3.8) is 0 Å². The van der Waals surface area contributed by atoms with E-state index in [4.69, 9.17) is 10.3 Å². The summed E-state index contributed by atoms with van der Waals surface area (Å²) in [6, 6.07) is 8.43. The first-order valence-electron chi connectivity index (χ1n) is 6.18. The predicted octanol–water partition coefficient (Wildman–Crippen LogP) is 2.95. The van der Waals surface area contributed by atoms with Crippen LogP contribution in [0.4, 0.5) is 0 Å². The van der Waals surface area contributed by atoms with Gasteiger partial charge in [0, 0.05) is 5.56 Å². The molecule has 1 heterocycles. The van der Waals surface area contributed by atoms with E-state index >= 15 is 0 Å². The molecule has 0 spiro atoms. The smallest absolute Gasteiger partial charge is 0.105 e. The van der Waals surface area contributed by atoms with Crippen molar-refractivity contribution in [3.05, 3.63) is 58.5 Å². The molecule has 1 unspecified atom stereocenters. The zero-order valence-electron chi connectivity index (χ0n) is 11.2. The van der Waals surface area contributed by atoms with Crippen molar-refractivity contribution < 1.29 is 4.42 Å². The molecular formula is C15H20N2O. The molecule has 0 radical (unpaired) electrons. The Bertz CT molecular complexity index is 511. The SMILES string of the molecule is Cc1cccc(C)c1CC(NN)c1ccoc1C. The van der Waals surface area contributed by atoms with Gasteiger partial charge in [-0.1, -0.05) is 18.2 Å². The molecule has 18 heavy (non-hydrogen) atoms. The van der Waals surface area contributed by atoms with Crippen molar-refractivity contribution in [2.24, 2.45) is 5.84 Å². The summed E-state index contributed by atoms with van der Waals surface area (Å²) in [6.07, 6.45) is 2.58. The van der Waals surface area contributed by atoms with Gasteiger partial charge in [-0.15, -0.1) is 0 Å². The van der Waals surface area contributed by atoms with Crippen LogP contribution in [0, 0.1) is 20.8 Å². The third-order valence-corrected chi connectivity index (χ3v) is 3.53. The highest BCUT2D eigenvalue weighted by atomic mass is 16.3. The molecule has 0 aliphatic carbocycles. The molecule has 3 N–H and O–H groups in total. The van der Waals surface area contributed by atoms with Crippen molar-refractivity contribution >= 4 is 0 Å². The largest absolute Gasteiger partial charge is 0.469 e. The second-order valence-electron chi connectivity index (χ2n) is 4.73. The van der Waals surface area contributed by atoms with Gasteiger partial charge in [-0.05, 0) is 49.9 Å². The van der Waals surface area contributed by atoms with Crippen LogP contribution in [0.2, 0.25) is 0 Å². The van der Waals surface area contributed by atoms with Crippen LogP contribution in [0.25, 0.3) is 0 Å². The molecule has 0 saturated carbocycles. The van der Waals surface area contributed by atoms with E-state index in [1.807, 2.05) is 13.0 Å². The van der Waals surface area contributed by atoms with Crippen LogP contribution in [-0.2, 0) is 6.42 Å². The molecule has 1 aromatic carbocycles. The molecule has 0 aliphatic rings. The molecule has 0 saturated heterocycles. The zero-order chi connectivity index (χ0) is 13.1. The summed E-state index contributed by atoms with van der Waals surface area (Å²) in [5.74, 6) is 6.61. The van der Waals surface area contributed by atoms with Crippen molar-refractivity contribution in [3.8, 4) is 0 Å². The second kappa shape index (κ2) is 5.38. The van der Waals surface area contributed by atoms with Gasteiger partial charge in [0.25, 0.3) is 0 Å². The van der Waals surface area contributed by atoms with E-state index < -0.39 is 0 Å². The Morgan fingerprint density at radius 2 is 1.83 bits per heavy atom. The molecule has 2 aromatic rings. The van der Waals surface area contributed by atoms with Crippen molar-refractivity contribution in [2.45, 2.75) is 33.2 Å². The third kappa shape index (κ3) is 2.47. The van der Waals surface area contributed by atoms with Crippen molar-refractivity contribution in [2.75, 3.05) is 0 Å². The van der Waals surface area contributed by atoms with E-state index in [1.165, 1.54) is 16.7 Å². The third-order valence-electron chi connectivity index (χ3n) is 3.53. The quantitative estimate of drug-likeness (QED) is 0.642. The lowest BCUT2D eigenvalue weighted by molar-refractivity contribution is 0.501. The van der Waals surface area contributed by atoms with Crippen LogP contribution in [0.1, 0.15) is 34.1 Å². The van der Waals surface area contributed by atoms with Gasteiger partial charge >= 0.3 is 0 Å². The van der Waals surface area contributed by atoms with E-state index in [9.17, 15) is 0 Å². The summed E-state index contributed by atoms with van der Waals surface area (Å²) in [7, 11) is 0. The molecule has 0 bridgehead atoms. The molecule has 0 amide bonds. The standard InChI is InChI=1S/C15H20N2O/c1-10-5-4-6-11(2)14(10)9-15(17-16)13-7-8-18-12(13)3/h4-8,15,17H,9,16H2,1-3H3. The Balaban J connectivity index is 2.29. The number of nitrogens with two attached hydrogens (primary N) is 1. The Morgan fingerprint density at radius 1 is 1.17 bits per heavy atom. The van der Waals surface area contributed by atoms with Crippen LogP contribution < -0.4 is 11.3 Å². The molecule has 96 valence electrons. The number of hydrogen-bond acceptors (Lipinski definition) is 3. The number of rotatable bonds is 4. The summed E-state index contributed by atoms with van der Waals surface area (Å²) < 4.78 is 5.35. The van der Waals surface area contributed by atoms with Crippen LogP contribution in [0.15, 0.2) is 34.9 Å². The van der Waals surface area contributed by atoms with Crippen LogP contribution in [0.5, 0.6) is 0 Å². The van der Waals surface area contributed by atoms with Gasteiger partial charge in [0.05, 0.1) is 12.3 Å². The lowest BCUT2D eigenvalue weighted by atomic mass is 9.93. The zero-order valence-corrected chi connectivity index (χ0v) is 11.2. The van der Waals surface area contributed by atoms with Gasteiger partial charge in [0.2, 0.25) is 0 Å². The van der Waals surface area contributed by atoms with E-state index in [2.05, 4.69) is 37.5 Å². The Hall–Kier alpha value is -1.58. The van der Waals surface area contributed by atoms with Crippen molar-refractivity contribution in [1.82, 2.24) is 5.43 Å². The van der Waals surface area contributed by atoms with Gasteiger partial charge in [-0.2, -0.15) is 0 Å². The van der Waals surface area contributed by atoms with Gasteiger partial charge in [0.1, 0.15) is 5.76 Å². The number of hydrogen-bond donors (Lipinski definition) is 2. The van der Waals surface area contributed by atoms with Gasteiger partial charge in [0.15, 0.2) is 0 Å². The molecular weight excluding hydrogens is 224 g/mol. The first-order chi connectivity index (χ1) is 8.63. The lowest BCUT2D eigenvalue weighted by Crippen LogP contribution is -2.30. The summed E-state index contributed by atoms with van der Waals surface area (Å²) in [5.41, 5.74) is 7.97. The van der Waals surface area contributed by atoms with Gasteiger partial charge in [-0.3, -0.25) is 11.3 Å². The van der Waals surface area contributed by atoms with Gasteiger partial charge < -0.3 is 4.42 Å². The normalized spacial score (nSPS) is 12.7.